The van der Waals surface area contributed by atoms with E-state index in [-0.39, 0.29) is 19.3 Å². The predicted octanol–water partition coefficient (Wildman–Crippen LogP) is 23.9. The quantitative estimate of drug-likeness (QED) is 0.0146. The first-order valence-electron chi connectivity index (χ1n) is 40.5. The van der Waals surface area contributed by atoms with Crippen molar-refractivity contribution in [2.75, 3.05) is 39.6 Å². The van der Waals surface area contributed by atoms with Gasteiger partial charge in [0, 0.05) is 19.3 Å². The molecule has 0 saturated heterocycles. The molecule has 0 spiro atoms. The lowest BCUT2D eigenvalue weighted by Gasteiger charge is -2.21. The minimum Gasteiger partial charge on any atom is -0.463 e. The molecular weight excluding hydrogens is 1340 g/mol. The van der Waals surface area contributed by atoms with Gasteiger partial charge in [-0.25, -0.2) is 9.13 Å². The van der Waals surface area contributed by atoms with Gasteiger partial charge in [0.1, 0.15) is 25.4 Å². The molecule has 0 rings (SSSR count). The van der Waals surface area contributed by atoms with Crippen molar-refractivity contribution < 1.29 is 75.8 Å². The van der Waals surface area contributed by atoms with Crippen molar-refractivity contribution in [3.8, 4) is 0 Å². The molecule has 0 fully saturated rings. The molecule has 0 aliphatic carbocycles. The Balaban J connectivity index is 4.44. The van der Waals surface area contributed by atoms with Crippen molar-refractivity contribution in [2.45, 2.75) is 347 Å². The number of carbonyl (C=O) groups excluding carboxylic acids is 3. The second kappa shape index (κ2) is 77.3. The topological polar surface area (TPSA) is 231 Å². The van der Waals surface area contributed by atoms with Gasteiger partial charge >= 0.3 is 33.6 Å². The third kappa shape index (κ3) is 78.6. The Morgan fingerprint density at radius 1 is 0.282 bits per heavy atom. The van der Waals surface area contributed by atoms with Gasteiger partial charge in [-0.2, -0.15) is 0 Å². The van der Waals surface area contributed by atoms with Crippen molar-refractivity contribution in [1.29, 1.82) is 0 Å². The minimum atomic E-state index is -4.94. The largest absolute Gasteiger partial charge is 0.472 e. The van der Waals surface area contributed by atoms with E-state index in [1.165, 1.54) is 141 Å². The average molecular weight is 1490 g/mol. The number of rotatable bonds is 76. The Hall–Kier alpha value is -4.31. The fourth-order valence-electron chi connectivity index (χ4n) is 10.8. The third-order valence-electron chi connectivity index (χ3n) is 16.9. The molecule has 0 aromatic carbocycles. The van der Waals surface area contributed by atoms with Crippen LogP contribution in [0.25, 0.3) is 0 Å². The van der Waals surface area contributed by atoms with E-state index in [0.717, 1.165) is 128 Å². The standard InChI is InChI=1S/C85H146O16P2/c1-4-7-10-13-16-19-22-25-27-29-31-33-34-35-36-37-38-39-40-41-42-43-44-46-48-49-51-54-56-59-62-65-68-71-83(88)95-74-80(86)75-97-102(91,92)98-76-81(87)77-99-103(93,94)100-79-82(101-85(90)73-70-67-64-61-58-53-24-21-18-15-12-9-6-3)78-96-84(89)72-69-66-63-60-57-55-52-50-47-45-32-30-28-26-23-20-17-14-11-8-5-2/h7-8,10-11,16-17,19-20,25-28,31-33,35-36,45,50,52,57,60,80-82,86-87H,4-6,9,12-15,18,21-24,29-30,34,37-44,46-49,51,53-56,58-59,61-79H2,1-3H3,(H,91,92)(H,93,94)/b10-7-,11-8-,19-16-,20-17-,27-25-,28-26-,33-31-,36-35-,45-32-,52-50-,60-57-. The maximum absolute atomic E-state index is 12.9. The minimum absolute atomic E-state index is 0.0957. The van der Waals surface area contributed by atoms with Crippen molar-refractivity contribution in [2.24, 2.45) is 0 Å². The van der Waals surface area contributed by atoms with Crippen LogP contribution >= 0.6 is 15.6 Å². The van der Waals surface area contributed by atoms with Crippen LogP contribution in [0.2, 0.25) is 0 Å². The SMILES string of the molecule is CC/C=C\C/C=C\C/C=C\C/C=C\C/C=C\C/C=C\CCCCC(=O)OCC(COP(=O)(O)OCC(O)COP(=O)(O)OCC(O)COC(=O)CCCCCCCCCCCCCCCCCCC/C=C\C/C=C\C/C=C\C/C=C\C/C=C\CC)OC(=O)CCCCCCCCCCCCCCC. The van der Waals surface area contributed by atoms with E-state index in [0.29, 0.717) is 19.3 Å². The van der Waals surface area contributed by atoms with Crippen molar-refractivity contribution in [1.82, 2.24) is 0 Å². The molecule has 103 heavy (non-hydrogen) atoms. The number of esters is 3. The lowest BCUT2D eigenvalue weighted by Crippen LogP contribution is -2.30. The van der Waals surface area contributed by atoms with Gasteiger partial charge in [0.15, 0.2) is 6.10 Å². The summed E-state index contributed by atoms with van der Waals surface area (Å²) in [6, 6.07) is 0. The summed E-state index contributed by atoms with van der Waals surface area (Å²) in [6.45, 7) is 2.42. The van der Waals surface area contributed by atoms with Gasteiger partial charge in [-0.3, -0.25) is 32.5 Å². The lowest BCUT2D eigenvalue weighted by atomic mass is 10.0. The van der Waals surface area contributed by atoms with Gasteiger partial charge in [0.2, 0.25) is 0 Å². The molecule has 5 unspecified atom stereocenters. The van der Waals surface area contributed by atoms with Crippen LogP contribution in [0, 0.1) is 0 Å². The van der Waals surface area contributed by atoms with Crippen LogP contribution in [-0.2, 0) is 55.8 Å². The summed E-state index contributed by atoms with van der Waals surface area (Å²) in [7, 11) is -9.80. The first-order chi connectivity index (χ1) is 50.2. The fraction of sp³-hybridized carbons (Fsp3) is 0.706. The maximum Gasteiger partial charge on any atom is 0.472 e. The molecule has 0 bridgehead atoms. The number of phosphoric acid groups is 2. The van der Waals surface area contributed by atoms with E-state index in [1.807, 2.05) is 0 Å². The second-order valence-electron chi connectivity index (χ2n) is 26.8. The highest BCUT2D eigenvalue weighted by Crippen LogP contribution is 2.45. The zero-order valence-corrected chi connectivity index (χ0v) is 66.5. The fourth-order valence-corrected chi connectivity index (χ4v) is 12.4. The van der Waals surface area contributed by atoms with Crippen LogP contribution in [0.5, 0.6) is 0 Å². The van der Waals surface area contributed by atoms with Crippen molar-refractivity contribution in [3.63, 3.8) is 0 Å². The Bertz CT molecular complexity index is 2410. The maximum atomic E-state index is 12.9. The molecule has 5 atom stereocenters. The van der Waals surface area contributed by atoms with Crippen LogP contribution in [0.15, 0.2) is 134 Å². The summed E-state index contributed by atoms with van der Waals surface area (Å²) in [6.07, 6.45) is 93.8. The first kappa shape index (κ1) is 98.7. The Labute approximate surface area is 626 Å². The number of aliphatic hydroxyl groups excluding tert-OH is 2. The molecule has 592 valence electrons. The van der Waals surface area contributed by atoms with E-state index in [1.54, 1.807) is 0 Å². The Kier molecular flexibility index (Phi) is 74.1. The molecule has 0 saturated carbocycles. The van der Waals surface area contributed by atoms with E-state index in [2.05, 4.69) is 154 Å². The lowest BCUT2D eigenvalue weighted by molar-refractivity contribution is -0.161. The molecule has 0 aromatic rings. The molecule has 0 heterocycles. The normalized spacial score (nSPS) is 14.7. The van der Waals surface area contributed by atoms with Gasteiger partial charge in [0.25, 0.3) is 0 Å². The average Bonchev–Trinajstić information content (AvgIpc) is 0.944. The smallest absolute Gasteiger partial charge is 0.463 e. The van der Waals surface area contributed by atoms with Crippen LogP contribution in [0.3, 0.4) is 0 Å². The highest BCUT2D eigenvalue weighted by molar-refractivity contribution is 7.47. The molecule has 4 N–H and O–H groups in total. The van der Waals surface area contributed by atoms with Crippen LogP contribution in [0.1, 0.15) is 329 Å². The first-order valence-corrected chi connectivity index (χ1v) is 43.5. The summed E-state index contributed by atoms with van der Waals surface area (Å²) in [4.78, 5) is 58.6. The number of hydrogen-bond acceptors (Lipinski definition) is 14. The van der Waals surface area contributed by atoms with Gasteiger partial charge in [0.05, 0.1) is 26.4 Å². The predicted molar refractivity (Wildman–Crippen MR) is 426 cm³/mol. The number of allylic oxidation sites excluding steroid dienone is 22. The molecular formula is C85H146O16P2. The summed E-state index contributed by atoms with van der Waals surface area (Å²) in [5.41, 5.74) is 0. The molecule has 0 radical (unpaired) electrons. The van der Waals surface area contributed by atoms with E-state index < -0.39 is 91.5 Å². The monoisotopic (exact) mass is 1490 g/mol. The number of phosphoric ester groups is 2. The third-order valence-corrected chi connectivity index (χ3v) is 18.8. The van der Waals surface area contributed by atoms with Gasteiger partial charge < -0.3 is 34.2 Å². The van der Waals surface area contributed by atoms with Gasteiger partial charge in [-0.1, -0.05) is 328 Å². The van der Waals surface area contributed by atoms with Crippen LogP contribution < -0.4 is 0 Å². The number of ether oxygens (including phenoxy) is 3. The van der Waals surface area contributed by atoms with E-state index >= 15 is 0 Å². The molecule has 0 aromatic heterocycles. The zero-order chi connectivity index (χ0) is 75.2. The molecule has 0 amide bonds. The van der Waals surface area contributed by atoms with Gasteiger partial charge in [-0.15, -0.1) is 0 Å². The molecule has 0 aliphatic rings. The van der Waals surface area contributed by atoms with Crippen LogP contribution in [0.4, 0.5) is 0 Å². The molecule has 16 nitrogen and oxygen atoms in total. The highest BCUT2D eigenvalue weighted by Gasteiger charge is 2.29. The number of hydrogen-bond donors (Lipinski definition) is 4. The second-order valence-corrected chi connectivity index (χ2v) is 29.7. The van der Waals surface area contributed by atoms with E-state index in [4.69, 9.17) is 32.3 Å². The number of unbranched alkanes of at least 4 members (excludes halogenated alkanes) is 31. The highest BCUT2D eigenvalue weighted by atomic mass is 31.2. The Morgan fingerprint density at radius 2 is 0.515 bits per heavy atom. The Morgan fingerprint density at radius 3 is 0.835 bits per heavy atom. The van der Waals surface area contributed by atoms with E-state index in [9.17, 15) is 43.5 Å². The number of aliphatic hydroxyl groups is 2. The van der Waals surface area contributed by atoms with Gasteiger partial charge in [-0.05, 0) is 116 Å². The zero-order valence-electron chi connectivity index (χ0n) is 64.7. The summed E-state index contributed by atoms with van der Waals surface area (Å²) in [5, 5.41) is 20.6. The summed E-state index contributed by atoms with van der Waals surface area (Å²) < 4.78 is 61.1. The van der Waals surface area contributed by atoms with Crippen molar-refractivity contribution >= 4 is 33.6 Å². The molecule has 18 heteroatoms. The number of carbonyl (C=O) groups is 3. The van der Waals surface area contributed by atoms with Crippen molar-refractivity contribution in [3.05, 3.63) is 134 Å². The molecule has 0 aliphatic heterocycles. The van der Waals surface area contributed by atoms with Crippen LogP contribution in [-0.4, -0.2) is 95.9 Å². The summed E-state index contributed by atoms with van der Waals surface area (Å²) >= 11 is 0. The summed E-state index contributed by atoms with van der Waals surface area (Å²) in [5.74, 6) is -1.62.